The van der Waals surface area contributed by atoms with Crippen LogP contribution in [0.2, 0.25) is 0 Å². The predicted molar refractivity (Wildman–Crippen MR) is 98.0 cm³/mol. The number of hydrogen-bond acceptors (Lipinski definition) is 6. The molecule has 0 unspecified atom stereocenters. The van der Waals surface area contributed by atoms with Crippen LogP contribution in [-0.4, -0.2) is 19.8 Å². The SMILES string of the molecule is NC(=S)c1ccc([N+](=O)[O-])cc1.NC(=S)c1ccc([N+](=O)[O-])cc1. The Kier molecular flexibility index (Phi) is 6.83. The Hall–Kier alpha value is -2.98. The molecule has 0 fully saturated rings. The Morgan fingerprint density at radius 3 is 1.12 bits per heavy atom. The largest absolute Gasteiger partial charge is 0.389 e. The van der Waals surface area contributed by atoms with Gasteiger partial charge in [0.25, 0.3) is 11.4 Å². The molecule has 0 saturated carbocycles. The summed E-state index contributed by atoms with van der Waals surface area (Å²) < 4.78 is 0. The Balaban J connectivity index is 0.000000240. The molecule has 8 nitrogen and oxygen atoms in total. The number of benzene rings is 2. The van der Waals surface area contributed by atoms with Gasteiger partial charge in [0.1, 0.15) is 9.98 Å². The molecule has 0 atom stereocenters. The van der Waals surface area contributed by atoms with E-state index in [-0.39, 0.29) is 21.4 Å². The number of hydrogen-bond donors (Lipinski definition) is 2. The second kappa shape index (κ2) is 8.60. The minimum absolute atomic E-state index is 0.0370. The first-order chi connectivity index (χ1) is 11.2. The van der Waals surface area contributed by atoms with Crippen molar-refractivity contribution >= 4 is 45.8 Å². The van der Waals surface area contributed by atoms with Crippen molar-refractivity contribution in [2.75, 3.05) is 0 Å². The minimum atomic E-state index is -0.469. The predicted octanol–water partition coefficient (Wildman–Crippen LogP) is 2.46. The zero-order valence-electron chi connectivity index (χ0n) is 12.1. The van der Waals surface area contributed by atoms with Crippen LogP contribution in [0.1, 0.15) is 11.1 Å². The van der Waals surface area contributed by atoms with Gasteiger partial charge in [-0.05, 0) is 24.3 Å². The highest BCUT2D eigenvalue weighted by Crippen LogP contribution is 2.12. The average molecular weight is 364 g/mol. The van der Waals surface area contributed by atoms with E-state index in [1.54, 1.807) is 0 Å². The first kappa shape index (κ1) is 19.1. The fourth-order valence-electron chi connectivity index (χ4n) is 1.49. The van der Waals surface area contributed by atoms with E-state index in [1.165, 1.54) is 48.5 Å². The maximum Gasteiger partial charge on any atom is 0.269 e. The molecule has 2 rings (SSSR count). The summed E-state index contributed by atoms with van der Waals surface area (Å²) in [6, 6.07) is 11.6. The van der Waals surface area contributed by atoms with Crippen molar-refractivity contribution in [2.24, 2.45) is 11.5 Å². The molecule has 0 aliphatic rings. The van der Waals surface area contributed by atoms with E-state index in [9.17, 15) is 20.2 Å². The second-order valence-corrected chi connectivity index (χ2v) is 5.22. The van der Waals surface area contributed by atoms with E-state index in [0.717, 1.165) is 0 Å². The molecule has 10 heteroatoms. The highest BCUT2D eigenvalue weighted by molar-refractivity contribution is 7.80. The van der Waals surface area contributed by atoms with Crippen LogP contribution in [0.3, 0.4) is 0 Å². The maximum atomic E-state index is 10.2. The summed E-state index contributed by atoms with van der Waals surface area (Å²) in [4.78, 5) is 20.0. The van der Waals surface area contributed by atoms with Crippen molar-refractivity contribution in [1.29, 1.82) is 0 Å². The molecule has 0 aliphatic carbocycles. The highest BCUT2D eigenvalue weighted by atomic mass is 32.1. The monoisotopic (exact) mass is 364 g/mol. The molecule has 0 heterocycles. The van der Waals surface area contributed by atoms with Gasteiger partial charge in [0.05, 0.1) is 9.85 Å². The van der Waals surface area contributed by atoms with Crippen molar-refractivity contribution in [3.63, 3.8) is 0 Å². The summed E-state index contributed by atoms with van der Waals surface area (Å²) in [5, 5.41) is 20.4. The lowest BCUT2D eigenvalue weighted by atomic mass is 10.2. The fourth-order valence-corrected chi connectivity index (χ4v) is 1.77. The van der Waals surface area contributed by atoms with Gasteiger partial charge in [0, 0.05) is 35.4 Å². The van der Waals surface area contributed by atoms with E-state index < -0.39 is 9.85 Å². The van der Waals surface area contributed by atoms with Crippen LogP contribution in [0.15, 0.2) is 48.5 Å². The molecular formula is C14H12N4O4S2. The van der Waals surface area contributed by atoms with Gasteiger partial charge in [-0.1, -0.05) is 24.4 Å². The molecule has 0 aliphatic heterocycles. The minimum Gasteiger partial charge on any atom is -0.389 e. The van der Waals surface area contributed by atoms with Crippen molar-refractivity contribution in [1.82, 2.24) is 0 Å². The van der Waals surface area contributed by atoms with Crippen molar-refractivity contribution in [3.05, 3.63) is 79.9 Å². The third-order valence-corrected chi connectivity index (χ3v) is 3.20. The normalized spacial score (nSPS) is 9.33. The van der Waals surface area contributed by atoms with Gasteiger partial charge in [-0.3, -0.25) is 20.2 Å². The van der Waals surface area contributed by atoms with Crippen LogP contribution in [0.5, 0.6) is 0 Å². The van der Waals surface area contributed by atoms with Crippen LogP contribution >= 0.6 is 24.4 Å². The molecular weight excluding hydrogens is 352 g/mol. The smallest absolute Gasteiger partial charge is 0.269 e. The lowest BCUT2D eigenvalue weighted by Crippen LogP contribution is -2.08. The number of nitrogens with zero attached hydrogens (tertiary/aromatic N) is 2. The van der Waals surface area contributed by atoms with Gasteiger partial charge in [-0.25, -0.2) is 0 Å². The standard InChI is InChI=1S/2C7H6N2O2S/c2*8-7(12)5-1-3-6(4-2-5)9(10)11/h2*1-4H,(H2,8,12). The van der Waals surface area contributed by atoms with Gasteiger partial charge < -0.3 is 11.5 Å². The van der Waals surface area contributed by atoms with Gasteiger partial charge in [0.2, 0.25) is 0 Å². The van der Waals surface area contributed by atoms with Crippen LogP contribution < -0.4 is 11.5 Å². The van der Waals surface area contributed by atoms with Gasteiger partial charge >= 0.3 is 0 Å². The average Bonchev–Trinajstić information content (AvgIpc) is 2.55. The molecule has 0 amide bonds. The Bertz CT molecular complexity index is 643. The summed E-state index contributed by atoms with van der Waals surface area (Å²) in [6.07, 6.45) is 0. The molecule has 0 radical (unpaired) electrons. The Morgan fingerprint density at radius 2 is 0.958 bits per heavy atom. The number of nitro groups is 2. The van der Waals surface area contributed by atoms with Crippen LogP contribution in [0, 0.1) is 20.2 Å². The van der Waals surface area contributed by atoms with Crippen molar-refractivity contribution < 1.29 is 9.85 Å². The van der Waals surface area contributed by atoms with E-state index in [4.69, 9.17) is 11.5 Å². The van der Waals surface area contributed by atoms with Crippen LogP contribution in [0.25, 0.3) is 0 Å². The molecule has 4 N–H and O–H groups in total. The zero-order valence-corrected chi connectivity index (χ0v) is 13.8. The van der Waals surface area contributed by atoms with Crippen molar-refractivity contribution in [3.8, 4) is 0 Å². The van der Waals surface area contributed by atoms with E-state index in [1.807, 2.05) is 0 Å². The molecule has 24 heavy (non-hydrogen) atoms. The number of thiocarbonyl (C=S) groups is 2. The lowest BCUT2D eigenvalue weighted by molar-refractivity contribution is -0.385. The fraction of sp³-hybridized carbons (Fsp3) is 0. The molecule has 0 saturated heterocycles. The van der Waals surface area contributed by atoms with Gasteiger partial charge in [0.15, 0.2) is 0 Å². The second-order valence-electron chi connectivity index (χ2n) is 4.34. The number of nitrogens with two attached hydrogens (primary N) is 2. The summed E-state index contributed by atoms with van der Waals surface area (Å²) in [5.74, 6) is 0. The van der Waals surface area contributed by atoms with E-state index in [0.29, 0.717) is 11.1 Å². The van der Waals surface area contributed by atoms with E-state index in [2.05, 4.69) is 24.4 Å². The highest BCUT2D eigenvalue weighted by Gasteiger charge is 2.04. The molecule has 2 aromatic rings. The van der Waals surface area contributed by atoms with Crippen molar-refractivity contribution in [2.45, 2.75) is 0 Å². The third kappa shape index (κ3) is 5.66. The van der Waals surface area contributed by atoms with Crippen LogP contribution in [-0.2, 0) is 0 Å². The molecule has 2 aromatic carbocycles. The van der Waals surface area contributed by atoms with Crippen LogP contribution in [0.4, 0.5) is 11.4 Å². The summed E-state index contributed by atoms with van der Waals surface area (Å²) in [6.45, 7) is 0. The van der Waals surface area contributed by atoms with E-state index >= 15 is 0 Å². The summed E-state index contributed by atoms with van der Waals surface area (Å²) in [7, 11) is 0. The summed E-state index contributed by atoms with van der Waals surface area (Å²) in [5.41, 5.74) is 11.9. The topological polar surface area (TPSA) is 138 Å². The molecule has 0 spiro atoms. The summed E-state index contributed by atoms with van der Waals surface area (Å²) >= 11 is 9.36. The third-order valence-electron chi connectivity index (χ3n) is 2.73. The molecule has 0 aromatic heterocycles. The lowest BCUT2D eigenvalue weighted by Gasteiger charge is -1.95. The molecule has 0 bridgehead atoms. The Morgan fingerprint density at radius 1 is 0.708 bits per heavy atom. The van der Waals surface area contributed by atoms with Gasteiger partial charge in [-0.2, -0.15) is 0 Å². The quantitative estimate of drug-likeness (QED) is 0.479. The Labute approximate surface area is 147 Å². The zero-order chi connectivity index (χ0) is 18.3. The number of non-ortho nitro benzene ring substituents is 2. The first-order valence-electron chi connectivity index (χ1n) is 6.31. The number of rotatable bonds is 4. The maximum absolute atomic E-state index is 10.2. The van der Waals surface area contributed by atoms with Gasteiger partial charge in [-0.15, -0.1) is 0 Å². The first-order valence-corrected chi connectivity index (χ1v) is 7.12. The molecule has 124 valence electrons. The number of nitro benzene ring substituents is 2.